The number of aliphatic hydroxyl groups excluding tert-OH is 1. The summed E-state index contributed by atoms with van der Waals surface area (Å²) < 4.78 is 19.7. The molecule has 30 heavy (non-hydrogen) atoms. The first-order valence-electron chi connectivity index (χ1n) is 9.70. The van der Waals surface area contributed by atoms with Crippen molar-refractivity contribution in [3.8, 4) is 11.3 Å². The second-order valence-electron chi connectivity index (χ2n) is 7.50. The highest BCUT2D eigenvalue weighted by atomic mass is 19.1. The van der Waals surface area contributed by atoms with Gasteiger partial charge in [0.05, 0.1) is 12.8 Å². The number of halogens is 1. The van der Waals surface area contributed by atoms with Crippen molar-refractivity contribution in [3.05, 3.63) is 59.2 Å². The monoisotopic (exact) mass is 412 g/mol. The largest absolute Gasteiger partial charge is 0.509 e. The molecule has 2 heterocycles. The van der Waals surface area contributed by atoms with Crippen molar-refractivity contribution in [2.24, 2.45) is 0 Å². The fourth-order valence-electron chi connectivity index (χ4n) is 4.44. The molecule has 0 atom stereocenters. The molecule has 2 aromatic rings. The van der Waals surface area contributed by atoms with E-state index in [4.69, 9.17) is 0 Å². The van der Waals surface area contributed by atoms with E-state index in [-0.39, 0.29) is 22.8 Å². The molecule has 7 nitrogen and oxygen atoms in total. The summed E-state index contributed by atoms with van der Waals surface area (Å²) in [6.45, 7) is -0.408. The van der Waals surface area contributed by atoms with Gasteiger partial charge < -0.3 is 19.7 Å². The zero-order valence-electron chi connectivity index (χ0n) is 16.4. The molecule has 0 radical (unpaired) electrons. The van der Waals surface area contributed by atoms with Crippen LogP contribution in [0.1, 0.15) is 36.2 Å². The molecule has 1 aromatic heterocycles. The molecule has 0 unspecified atom stereocenters. The van der Waals surface area contributed by atoms with Gasteiger partial charge in [0, 0.05) is 5.69 Å². The molecule has 0 bridgehead atoms. The molecular formula is C22H21FN2O5. The Bertz CT molecular complexity index is 1060. The maximum Gasteiger partial charge on any atom is 0.325 e. The predicted molar refractivity (Wildman–Crippen MR) is 105 cm³/mol. The number of Topliss-reactive ketones (excluding diaryl/α,β-unsaturated/α-hetero) is 1. The first kappa shape index (κ1) is 19.9. The molecule has 1 fully saturated rings. The normalized spacial score (nSPS) is 17.2. The number of ether oxygens (including phenoxy) is 1. The second-order valence-corrected chi connectivity index (χ2v) is 7.50. The van der Waals surface area contributed by atoms with E-state index in [0.717, 1.165) is 12.8 Å². The molecule has 4 rings (SSSR count). The van der Waals surface area contributed by atoms with E-state index in [1.807, 2.05) is 0 Å². The van der Waals surface area contributed by atoms with Gasteiger partial charge >= 0.3 is 5.97 Å². The van der Waals surface area contributed by atoms with Crippen LogP contribution in [0.3, 0.4) is 0 Å². The summed E-state index contributed by atoms with van der Waals surface area (Å²) in [7, 11) is 1.19. The minimum atomic E-state index is -0.936. The van der Waals surface area contributed by atoms with Crippen LogP contribution in [-0.4, -0.2) is 41.0 Å². The number of carbonyl (C=O) groups is 3. The summed E-state index contributed by atoms with van der Waals surface area (Å²) in [5.41, 5.74) is 0.359. The van der Waals surface area contributed by atoms with Crippen LogP contribution in [0.15, 0.2) is 47.7 Å². The number of amides is 1. The highest BCUT2D eigenvalue weighted by molar-refractivity contribution is 6.26. The lowest BCUT2D eigenvalue weighted by atomic mass is 9.84. The van der Waals surface area contributed by atoms with Gasteiger partial charge in [0.25, 0.3) is 5.91 Å². The van der Waals surface area contributed by atoms with Crippen LogP contribution < -0.4 is 5.32 Å². The topological polar surface area (TPSA) is 97.6 Å². The van der Waals surface area contributed by atoms with Crippen LogP contribution in [0.5, 0.6) is 0 Å². The Morgan fingerprint density at radius 2 is 1.77 bits per heavy atom. The molecule has 2 aliphatic rings. The highest BCUT2D eigenvalue weighted by Gasteiger charge is 2.50. The van der Waals surface area contributed by atoms with Gasteiger partial charge in [0.15, 0.2) is 0 Å². The first-order valence-corrected chi connectivity index (χ1v) is 9.70. The number of allylic oxidation sites excluding steroid dienone is 1. The van der Waals surface area contributed by atoms with Crippen molar-refractivity contribution in [2.75, 3.05) is 13.7 Å². The molecule has 1 saturated carbocycles. The molecule has 0 saturated heterocycles. The predicted octanol–water partition coefficient (Wildman–Crippen LogP) is 2.86. The number of esters is 1. The van der Waals surface area contributed by atoms with Gasteiger partial charge in [-0.05, 0) is 54.8 Å². The average Bonchev–Trinajstić information content (AvgIpc) is 3.40. The Kier molecular flexibility index (Phi) is 4.93. The SMILES string of the molecule is COC(=O)CNC(=O)C1=C(O)C2(CCCC2)n2c(ccc2-c2ccc(F)cc2)C1=O. The number of aliphatic hydroxyl groups is 1. The average molecular weight is 412 g/mol. The summed E-state index contributed by atoms with van der Waals surface area (Å²) in [5.74, 6) is -2.77. The van der Waals surface area contributed by atoms with Crippen LogP contribution in [0.25, 0.3) is 11.3 Å². The lowest BCUT2D eigenvalue weighted by Gasteiger charge is -2.38. The van der Waals surface area contributed by atoms with Gasteiger partial charge in [-0.1, -0.05) is 12.8 Å². The summed E-state index contributed by atoms with van der Waals surface area (Å²) in [5, 5.41) is 13.5. The fourth-order valence-corrected chi connectivity index (χ4v) is 4.44. The zero-order chi connectivity index (χ0) is 21.5. The number of methoxy groups -OCH3 is 1. The van der Waals surface area contributed by atoms with Gasteiger partial charge in [0.2, 0.25) is 5.78 Å². The van der Waals surface area contributed by atoms with E-state index in [1.165, 1.54) is 19.2 Å². The number of aromatic nitrogens is 1. The smallest absolute Gasteiger partial charge is 0.325 e. The number of carbonyl (C=O) groups excluding carboxylic acids is 3. The molecule has 1 aromatic carbocycles. The molecule has 1 amide bonds. The Morgan fingerprint density at radius 1 is 1.13 bits per heavy atom. The van der Waals surface area contributed by atoms with E-state index in [2.05, 4.69) is 10.1 Å². The Morgan fingerprint density at radius 3 is 2.40 bits per heavy atom. The zero-order valence-corrected chi connectivity index (χ0v) is 16.4. The Labute approximate surface area is 172 Å². The maximum atomic E-state index is 13.4. The Hall–Kier alpha value is -3.42. The number of fused-ring (bicyclic) bond motifs is 2. The van der Waals surface area contributed by atoms with E-state index < -0.39 is 29.7 Å². The number of hydrogen-bond acceptors (Lipinski definition) is 5. The fraction of sp³-hybridized carbons (Fsp3) is 0.318. The van der Waals surface area contributed by atoms with E-state index in [9.17, 15) is 23.9 Å². The van der Waals surface area contributed by atoms with Gasteiger partial charge in [-0.2, -0.15) is 0 Å². The summed E-state index contributed by atoms with van der Waals surface area (Å²) >= 11 is 0. The third-order valence-electron chi connectivity index (χ3n) is 5.86. The standard InChI is InChI=1S/C22H21FN2O5/c1-30-17(26)12-24-21(29)18-19(27)16-9-8-15(13-4-6-14(23)7-5-13)25(16)22(20(18)28)10-2-3-11-22/h4-9,28H,2-3,10-12H2,1H3,(H,24,29). The van der Waals surface area contributed by atoms with Crippen molar-refractivity contribution >= 4 is 17.7 Å². The third kappa shape index (κ3) is 2.99. The molecule has 1 spiro atoms. The second kappa shape index (κ2) is 7.44. The quantitative estimate of drug-likeness (QED) is 0.595. The van der Waals surface area contributed by atoms with E-state index in [1.54, 1.807) is 28.8 Å². The summed E-state index contributed by atoms with van der Waals surface area (Å²) in [6, 6.07) is 9.25. The number of ketones is 1. The van der Waals surface area contributed by atoms with Crippen molar-refractivity contribution in [1.29, 1.82) is 0 Å². The van der Waals surface area contributed by atoms with Crippen molar-refractivity contribution in [2.45, 2.75) is 31.2 Å². The number of nitrogens with zero attached hydrogens (tertiary/aromatic N) is 1. The third-order valence-corrected chi connectivity index (χ3v) is 5.86. The lowest BCUT2D eigenvalue weighted by Crippen LogP contribution is -2.45. The molecular weight excluding hydrogens is 391 g/mol. The van der Waals surface area contributed by atoms with Crippen LogP contribution in [0, 0.1) is 5.82 Å². The molecule has 8 heteroatoms. The number of hydrogen-bond donors (Lipinski definition) is 2. The molecule has 156 valence electrons. The van der Waals surface area contributed by atoms with Gasteiger partial charge in [-0.15, -0.1) is 0 Å². The molecule has 1 aliphatic heterocycles. The minimum absolute atomic E-state index is 0.275. The van der Waals surface area contributed by atoms with Crippen molar-refractivity contribution in [1.82, 2.24) is 9.88 Å². The van der Waals surface area contributed by atoms with E-state index in [0.29, 0.717) is 24.1 Å². The molecule has 1 aliphatic carbocycles. The summed E-state index contributed by atoms with van der Waals surface area (Å²) in [6.07, 6.45) is 2.73. The number of rotatable bonds is 4. The lowest BCUT2D eigenvalue weighted by molar-refractivity contribution is -0.140. The van der Waals surface area contributed by atoms with Crippen molar-refractivity contribution in [3.63, 3.8) is 0 Å². The number of benzene rings is 1. The molecule has 2 N–H and O–H groups in total. The van der Waals surface area contributed by atoms with Crippen LogP contribution >= 0.6 is 0 Å². The van der Waals surface area contributed by atoms with E-state index >= 15 is 0 Å². The first-order chi connectivity index (χ1) is 14.4. The van der Waals surface area contributed by atoms with Crippen LogP contribution in [0.4, 0.5) is 4.39 Å². The van der Waals surface area contributed by atoms with Gasteiger partial charge in [-0.3, -0.25) is 14.4 Å². The van der Waals surface area contributed by atoms with Crippen molar-refractivity contribution < 1.29 is 28.6 Å². The maximum absolute atomic E-state index is 13.4. The van der Waals surface area contributed by atoms with Gasteiger partial charge in [0.1, 0.15) is 29.2 Å². The van der Waals surface area contributed by atoms with Gasteiger partial charge in [-0.25, -0.2) is 4.39 Å². The highest BCUT2D eigenvalue weighted by Crippen LogP contribution is 2.49. The number of nitrogens with one attached hydrogen (secondary N) is 1. The van der Waals surface area contributed by atoms with Crippen LogP contribution in [-0.2, 0) is 19.9 Å². The minimum Gasteiger partial charge on any atom is -0.509 e. The summed E-state index contributed by atoms with van der Waals surface area (Å²) in [4.78, 5) is 37.2. The Balaban J connectivity index is 1.82. The van der Waals surface area contributed by atoms with Crippen LogP contribution in [0.2, 0.25) is 0 Å².